The molecule has 6 nitrogen and oxygen atoms in total. The van der Waals surface area contributed by atoms with E-state index >= 15 is 0 Å². The molecule has 1 atom stereocenters. The molecule has 2 amide bonds. The maximum atomic E-state index is 12.0. The third-order valence-corrected chi connectivity index (χ3v) is 3.39. The van der Waals surface area contributed by atoms with Crippen molar-refractivity contribution in [2.45, 2.75) is 19.4 Å². The van der Waals surface area contributed by atoms with Gasteiger partial charge in [-0.15, -0.1) is 0 Å². The molecule has 0 spiro atoms. The van der Waals surface area contributed by atoms with Gasteiger partial charge >= 0.3 is 0 Å². The number of primary amides is 1. The highest BCUT2D eigenvalue weighted by molar-refractivity contribution is 5.78. The number of nitrogens with two attached hydrogens (primary N) is 1. The van der Waals surface area contributed by atoms with Crippen molar-refractivity contribution < 1.29 is 14.3 Å². The van der Waals surface area contributed by atoms with Crippen LogP contribution >= 0.6 is 0 Å². The lowest BCUT2D eigenvalue weighted by atomic mass is 10.1. The van der Waals surface area contributed by atoms with Gasteiger partial charge in [-0.25, -0.2) is 0 Å². The van der Waals surface area contributed by atoms with Crippen molar-refractivity contribution in [3.63, 3.8) is 0 Å². The molecule has 1 fully saturated rings. The van der Waals surface area contributed by atoms with Gasteiger partial charge in [0.15, 0.2) is 6.61 Å². The highest BCUT2D eigenvalue weighted by atomic mass is 16.5. The Bertz CT molecular complexity index is 501. The quantitative estimate of drug-likeness (QED) is 0.794. The average molecular weight is 291 g/mol. The molecule has 0 unspecified atom stereocenters. The van der Waals surface area contributed by atoms with Crippen molar-refractivity contribution in [1.82, 2.24) is 10.2 Å². The molecule has 1 aliphatic heterocycles. The maximum absolute atomic E-state index is 12.0. The zero-order valence-electron chi connectivity index (χ0n) is 12.2. The van der Waals surface area contributed by atoms with Crippen molar-refractivity contribution in [2.75, 3.05) is 26.2 Å². The van der Waals surface area contributed by atoms with Gasteiger partial charge in [-0.05, 0) is 24.6 Å². The summed E-state index contributed by atoms with van der Waals surface area (Å²) in [7, 11) is 0. The number of carbonyl (C=O) groups is 2. The van der Waals surface area contributed by atoms with Gasteiger partial charge in [0.1, 0.15) is 5.75 Å². The molecule has 0 saturated carbocycles. The summed E-state index contributed by atoms with van der Waals surface area (Å²) < 4.78 is 5.49. The second kappa shape index (κ2) is 7.08. The minimum atomic E-state index is -0.369. The Hall–Kier alpha value is -2.08. The fourth-order valence-electron chi connectivity index (χ4n) is 2.30. The lowest BCUT2D eigenvalue weighted by molar-refractivity contribution is -0.134. The molecule has 1 aromatic rings. The van der Waals surface area contributed by atoms with Crippen LogP contribution in [-0.4, -0.2) is 49.0 Å². The van der Waals surface area contributed by atoms with Gasteiger partial charge in [0.05, 0.1) is 6.42 Å². The Morgan fingerprint density at radius 3 is 2.71 bits per heavy atom. The monoisotopic (exact) mass is 291 g/mol. The SMILES string of the molecule is C[C@H]1CN(C(=O)COc2ccc(CC(N)=O)cc2)CCN1. The first kappa shape index (κ1) is 15.3. The summed E-state index contributed by atoms with van der Waals surface area (Å²) in [5.41, 5.74) is 5.96. The van der Waals surface area contributed by atoms with E-state index in [0.29, 0.717) is 24.9 Å². The molecular weight excluding hydrogens is 270 g/mol. The molecule has 0 aromatic heterocycles. The van der Waals surface area contributed by atoms with Gasteiger partial charge in [0.25, 0.3) is 5.91 Å². The van der Waals surface area contributed by atoms with E-state index in [4.69, 9.17) is 10.5 Å². The van der Waals surface area contributed by atoms with E-state index in [9.17, 15) is 9.59 Å². The van der Waals surface area contributed by atoms with Crippen LogP contribution in [0.25, 0.3) is 0 Å². The summed E-state index contributed by atoms with van der Waals surface area (Å²) in [6.07, 6.45) is 0.206. The molecule has 1 heterocycles. The van der Waals surface area contributed by atoms with E-state index in [2.05, 4.69) is 12.2 Å². The Morgan fingerprint density at radius 1 is 1.38 bits per heavy atom. The van der Waals surface area contributed by atoms with Crippen molar-refractivity contribution in [2.24, 2.45) is 5.73 Å². The van der Waals surface area contributed by atoms with Crippen LogP contribution in [0.2, 0.25) is 0 Å². The first-order chi connectivity index (χ1) is 10.0. The number of nitrogens with zero attached hydrogens (tertiary/aromatic N) is 1. The molecule has 6 heteroatoms. The number of hydrogen-bond acceptors (Lipinski definition) is 4. The largest absolute Gasteiger partial charge is 0.484 e. The number of nitrogens with one attached hydrogen (secondary N) is 1. The first-order valence-electron chi connectivity index (χ1n) is 7.06. The Kier molecular flexibility index (Phi) is 5.16. The van der Waals surface area contributed by atoms with Crippen molar-refractivity contribution in [1.29, 1.82) is 0 Å². The summed E-state index contributed by atoms with van der Waals surface area (Å²) in [4.78, 5) is 24.7. The molecule has 3 N–H and O–H groups in total. The molecule has 0 radical (unpaired) electrons. The van der Waals surface area contributed by atoms with E-state index in [1.165, 1.54) is 0 Å². The van der Waals surface area contributed by atoms with Crippen LogP contribution in [0.3, 0.4) is 0 Å². The average Bonchev–Trinajstić information content (AvgIpc) is 2.45. The van der Waals surface area contributed by atoms with Crippen LogP contribution in [0.15, 0.2) is 24.3 Å². The number of piperazine rings is 1. The third kappa shape index (κ3) is 4.75. The number of rotatable bonds is 5. The van der Waals surface area contributed by atoms with Crippen molar-refractivity contribution in [3.05, 3.63) is 29.8 Å². The molecular formula is C15H21N3O3. The minimum absolute atomic E-state index is 0.00966. The van der Waals surface area contributed by atoms with Gasteiger partial charge in [-0.2, -0.15) is 0 Å². The molecule has 2 rings (SSSR count). The number of carbonyl (C=O) groups excluding carboxylic acids is 2. The molecule has 1 aliphatic rings. The zero-order chi connectivity index (χ0) is 15.2. The summed E-state index contributed by atoms with van der Waals surface area (Å²) in [5.74, 6) is 0.232. The Balaban J connectivity index is 1.82. The van der Waals surface area contributed by atoms with E-state index in [-0.39, 0.29) is 24.8 Å². The lowest BCUT2D eigenvalue weighted by Gasteiger charge is -2.31. The standard InChI is InChI=1S/C15H21N3O3/c1-11-9-18(7-6-17-11)15(20)10-21-13-4-2-12(3-5-13)8-14(16)19/h2-5,11,17H,6-10H2,1H3,(H2,16,19)/t11-/m0/s1. The van der Waals surface area contributed by atoms with Crippen LogP contribution in [0.4, 0.5) is 0 Å². The summed E-state index contributed by atoms with van der Waals surface area (Å²) in [6.45, 7) is 4.32. The third-order valence-electron chi connectivity index (χ3n) is 3.39. The Morgan fingerprint density at radius 2 is 2.10 bits per heavy atom. The molecule has 1 aromatic carbocycles. The van der Waals surface area contributed by atoms with Crippen molar-refractivity contribution >= 4 is 11.8 Å². The summed E-state index contributed by atoms with van der Waals surface area (Å²) >= 11 is 0. The van der Waals surface area contributed by atoms with Gasteiger partial charge in [0, 0.05) is 25.7 Å². The second-order valence-electron chi connectivity index (χ2n) is 5.27. The number of amides is 2. The van der Waals surface area contributed by atoms with Crippen LogP contribution < -0.4 is 15.8 Å². The topological polar surface area (TPSA) is 84.7 Å². The van der Waals surface area contributed by atoms with Crippen LogP contribution in [0.5, 0.6) is 5.75 Å². The van der Waals surface area contributed by atoms with E-state index in [0.717, 1.165) is 12.1 Å². The fraction of sp³-hybridized carbons (Fsp3) is 0.467. The van der Waals surface area contributed by atoms with E-state index in [1.807, 2.05) is 4.90 Å². The Labute approximate surface area is 124 Å². The summed E-state index contributed by atoms with van der Waals surface area (Å²) in [6, 6.07) is 7.35. The molecule has 0 bridgehead atoms. The number of benzene rings is 1. The van der Waals surface area contributed by atoms with Gasteiger partial charge in [-0.3, -0.25) is 9.59 Å². The molecule has 1 saturated heterocycles. The fourth-order valence-corrected chi connectivity index (χ4v) is 2.30. The second-order valence-corrected chi connectivity index (χ2v) is 5.27. The van der Waals surface area contributed by atoms with E-state index in [1.54, 1.807) is 24.3 Å². The molecule has 0 aliphatic carbocycles. The summed E-state index contributed by atoms with van der Waals surface area (Å²) in [5, 5.41) is 3.29. The predicted octanol–water partition coefficient (Wildman–Crippen LogP) is -0.0865. The highest BCUT2D eigenvalue weighted by Gasteiger charge is 2.20. The van der Waals surface area contributed by atoms with E-state index < -0.39 is 0 Å². The zero-order valence-corrected chi connectivity index (χ0v) is 12.2. The van der Waals surface area contributed by atoms with Crippen molar-refractivity contribution in [3.8, 4) is 5.75 Å². The smallest absolute Gasteiger partial charge is 0.260 e. The normalized spacial score (nSPS) is 18.3. The number of hydrogen-bond donors (Lipinski definition) is 2. The van der Waals surface area contributed by atoms with Crippen LogP contribution in [0.1, 0.15) is 12.5 Å². The number of ether oxygens (including phenoxy) is 1. The minimum Gasteiger partial charge on any atom is -0.484 e. The molecule has 21 heavy (non-hydrogen) atoms. The van der Waals surface area contributed by atoms with Crippen LogP contribution in [0, 0.1) is 0 Å². The van der Waals surface area contributed by atoms with Gasteiger partial charge in [0.2, 0.25) is 5.91 Å². The molecule has 114 valence electrons. The lowest BCUT2D eigenvalue weighted by Crippen LogP contribution is -2.52. The van der Waals surface area contributed by atoms with Gasteiger partial charge in [-0.1, -0.05) is 12.1 Å². The highest BCUT2D eigenvalue weighted by Crippen LogP contribution is 2.13. The van der Waals surface area contributed by atoms with Crippen LogP contribution in [-0.2, 0) is 16.0 Å². The predicted molar refractivity (Wildman–Crippen MR) is 78.9 cm³/mol. The first-order valence-corrected chi connectivity index (χ1v) is 7.06. The maximum Gasteiger partial charge on any atom is 0.260 e. The van der Waals surface area contributed by atoms with Gasteiger partial charge < -0.3 is 20.7 Å².